The maximum Gasteiger partial charge on any atom is 0.343 e. The van der Waals surface area contributed by atoms with E-state index in [-0.39, 0.29) is 16.8 Å². The highest BCUT2D eigenvalue weighted by Crippen LogP contribution is 2.34. The molecule has 8 nitrogen and oxygen atoms in total. The zero-order valence-electron chi connectivity index (χ0n) is 17.7. The molecule has 1 aliphatic rings. The molecule has 0 aromatic heterocycles. The van der Waals surface area contributed by atoms with Crippen LogP contribution in [0.15, 0.2) is 53.4 Å². The first-order valence-corrected chi connectivity index (χ1v) is 10.5. The maximum atomic E-state index is 12.6. The largest absolute Gasteiger partial charge is 0.497 e. The molecular formula is C23H21NO7S. The lowest BCUT2D eigenvalue weighted by Gasteiger charge is -2.13. The van der Waals surface area contributed by atoms with Crippen LogP contribution in [0.2, 0.25) is 0 Å². The lowest BCUT2D eigenvalue weighted by Crippen LogP contribution is -2.35. The molecule has 2 aromatic rings. The molecule has 0 radical (unpaired) electrons. The van der Waals surface area contributed by atoms with E-state index < -0.39 is 29.6 Å². The minimum Gasteiger partial charge on any atom is -0.497 e. The minimum atomic E-state index is -0.669. The maximum absolute atomic E-state index is 12.6. The highest BCUT2D eigenvalue weighted by atomic mass is 32.2. The summed E-state index contributed by atoms with van der Waals surface area (Å²) in [5, 5.41) is -0.574. The van der Waals surface area contributed by atoms with Crippen molar-refractivity contribution >= 4 is 40.9 Å². The Morgan fingerprint density at radius 3 is 2.41 bits per heavy atom. The van der Waals surface area contributed by atoms with Gasteiger partial charge in [-0.25, -0.2) is 4.79 Å². The summed E-state index contributed by atoms with van der Waals surface area (Å²) >= 11 is 0.702. The van der Waals surface area contributed by atoms with Crippen molar-refractivity contribution < 1.29 is 33.4 Å². The second kappa shape index (κ2) is 10.1. The molecule has 0 bridgehead atoms. The Labute approximate surface area is 189 Å². The van der Waals surface area contributed by atoms with E-state index in [1.807, 2.05) is 0 Å². The lowest BCUT2D eigenvalue weighted by molar-refractivity contribution is -0.149. The molecule has 1 aliphatic heterocycles. The van der Waals surface area contributed by atoms with Gasteiger partial charge in [-0.1, -0.05) is 18.2 Å². The lowest BCUT2D eigenvalue weighted by atomic mass is 10.1. The van der Waals surface area contributed by atoms with Crippen LogP contribution >= 0.6 is 11.8 Å². The van der Waals surface area contributed by atoms with E-state index in [1.165, 1.54) is 13.2 Å². The van der Waals surface area contributed by atoms with Gasteiger partial charge in [0.25, 0.3) is 11.1 Å². The summed E-state index contributed by atoms with van der Waals surface area (Å²) in [5.74, 6) is -1.04. The average molecular weight is 455 g/mol. The van der Waals surface area contributed by atoms with Gasteiger partial charge < -0.3 is 14.2 Å². The van der Waals surface area contributed by atoms with Crippen LogP contribution in [0.4, 0.5) is 4.79 Å². The SMILES string of the molecule is COc1ccc(C(=O)Oc2ccccc2/C=C2\SC(=O)N(CC(=O)OC(C)C)C2=O)cc1. The predicted octanol–water partition coefficient (Wildman–Crippen LogP) is 3.90. The fraction of sp³-hybridized carbons (Fsp3) is 0.217. The number of esters is 2. The van der Waals surface area contributed by atoms with E-state index in [2.05, 4.69) is 0 Å². The molecule has 1 fully saturated rings. The van der Waals surface area contributed by atoms with Crippen LogP contribution in [0.25, 0.3) is 6.08 Å². The molecule has 0 N–H and O–H groups in total. The number of thioether (sulfide) groups is 1. The van der Waals surface area contributed by atoms with Crippen LogP contribution in [0.3, 0.4) is 0 Å². The molecule has 0 atom stereocenters. The minimum absolute atomic E-state index is 0.111. The number of nitrogens with zero attached hydrogens (tertiary/aromatic N) is 1. The van der Waals surface area contributed by atoms with Gasteiger partial charge in [0.2, 0.25) is 0 Å². The molecule has 166 valence electrons. The number of rotatable bonds is 7. The van der Waals surface area contributed by atoms with Gasteiger partial charge >= 0.3 is 11.9 Å². The van der Waals surface area contributed by atoms with Gasteiger partial charge in [0.05, 0.1) is 23.7 Å². The first kappa shape index (κ1) is 23.1. The third-order valence-electron chi connectivity index (χ3n) is 4.26. The van der Waals surface area contributed by atoms with E-state index >= 15 is 0 Å². The number of methoxy groups -OCH3 is 1. The van der Waals surface area contributed by atoms with Gasteiger partial charge in [-0.3, -0.25) is 19.3 Å². The van der Waals surface area contributed by atoms with Crippen LogP contribution in [-0.4, -0.2) is 47.7 Å². The molecule has 2 amide bonds. The van der Waals surface area contributed by atoms with E-state index in [1.54, 1.807) is 62.4 Å². The zero-order valence-corrected chi connectivity index (χ0v) is 18.5. The Bertz CT molecular complexity index is 1080. The highest BCUT2D eigenvalue weighted by Gasteiger charge is 2.37. The number of carbonyl (C=O) groups excluding carboxylic acids is 4. The van der Waals surface area contributed by atoms with Crippen LogP contribution < -0.4 is 9.47 Å². The molecule has 0 spiro atoms. The van der Waals surface area contributed by atoms with Crippen molar-refractivity contribution in [3.8, 4) is 11.5 Å². The number of imide groups is 1. The van der Waals surface area contributed by atoms with Gasteiger partial charge in [-0.15, -0.1) is 0 Å². The third-order valence-corrected chi connectivity index (χ3v) is 5.17. The summed E-state index contributed by atoms with van der Waals surface area (Å²) < 4.78 is 15.6. The van der Waals surface area contributed by atoms with Gasteiger partial charge in [0.1, 0.15) is 18.0 Å². The van der Waals surface area contributed by atoms with Crippen molar-refractivity contribution in [2.24, 2.45) is 0 Å². The van der Waals surface area contributed by atoms with Crippen LogP contribution in [-0.2, 0) is 14.3 Å². The number of ether oxygens (including phenoxy) is 3. The number of hydrogen-bond acceptors (Lipinski definition) is 8. The smallest absolute Gasteiger partial charge is 0.343 e. The Morgan fingerprint density at radius 1 is 1.06 bits per heavy atom. The van der Waals surface area contributed by atoms with Crippen molar-refractivity contribution in [3.63, 3.8) is 0 Å². The van der Waals surface area contributed by atoms with E-state index in [4.69, 9.17) is 14.2 Å². The van der Waals surface area contributed by atoms with Crippen molar-refractivity contribution in [1.82, 2.24) is 4.90 Å². The van der Waals surface area contributed by atoms with Crippen molar-refractivity contribution in [2.75, 3.05) is 13.7 Å². The summed E-state index contributed by atoms with van der Waals surface area (Å²) in [4.78, 5) is 50.2. The fourth-order valence-corrected chi connectivity index (χ4v) is 3.61. The van der Waals surface area contributed by atoms with E-state index in [0.29, 0.717) is 28.6 Å². The number of para-hydroxylation sites is 1. The molecular weight excluding hydrogens is 434 g/mol. The number of carbonyl (C=O) groups is 4. The predicted molar refractivity (Wildman–Crippen MR) is 118 cm³/mol. The summed E-state index contributed by atoms with van der Waals surface area (Å²) in [7, 11) is 1.53. The Kier molecular flexibility index (Phi) is 7.32. The number of amides is 2. The summed E-state index contributed by atoms with van der Waals surface area (Å²) in [5.41, 5.74) is 0.759. The second-order valence-electron chi connectivity index (χ2n) is 6.96. The normalized spacial score (nSPS) is 14.8. The second-order valence-corrected chi connectivity index (χ2v) is 7.96. The van der Waals surface area contributed by atoms with Crippen molar-refractivity contribution in [1.29, 1.82) is 0 Å². The first-order valence-electron chi connectivity index (χ1n) is 9.68. The van der Waals surface area contributed by atoms with Gasteiger partial charge in [-0.2, -0.15) is 0 Å². The highest BCUT2D eigenvalue weighted by molar-refractivity contribution is 8.18. The number of hydrogen-bond donors (Lipinski definition) is 0. The van der Waals surface area contributed by atoms with Crippen LogP contribution in [0.5, 0.6) is 11.5 Å². The Balaban J connectivity index is 1.77. The van der Waals surface area contributed by atoms with Crippen molar-refractivity contribution in [3.05, 3.63) is 64.6 Å². The van der Waals surface area contributed by atoms with E-state index in [0.717, 1.165) is 4.90 Å². The topological polar surface area (TPSA) is 99.2 Å². The quantitative estimate of drug-likeness (QED) is 0.352. The molecule has 1 saturated heterocycles. The van der Waals surface area contributed by atoms with Gasteiger partial charge in [-0.05, 0) is 62.0 Å². The molecule has 9 heteroatoms. The molecule has 0 saturated carbocycles. The fourth-order valence-electron chi connectivity index (χ4n) is 2.79. The third kappa shape index (κ3) is 5.55. The average Bonchev–Trinajstić information content (AvgIpc) is 3.02. The van der Waals surface area contributed by atoms with Crippen LogP contribution in [0, 0.1) is 0 Å². The molecule has 32 heavy (non-hydrogen) atoms. The molecule has 2 aromatic carbocycles. The summed E-state index contributed by atoms with van der Waals surface area (Å²) in [6.07, 6.45) is 1.10. The van der Waals surface area contributed by atoms with Gasteiger partial charge in [0.15, 0.2) is 0 Å². The zero-order chi connectivity index (χ0) is 23.3. The van der Waals surface area contributed by atoms with Crippen molar-refractivity contribution in [2.45, 2.75) is 20.0 Å². The van der Waals surface area contributed by atoms with Gasteiger partial charge in [0, 0.05) is 5.56 Å². The van der Waals surface area contributed by atoms with E-state index in [9.17, 15) is 19.2 Å². The molecule has 0 unspecified atom stereocenters. The Morgan fingerprint density at radius 2 is 1.75 bits per heavy atom. The molecule has 1 heterocycles. The summed E-state index contributed by atoms with van der Waals surface area (Å²) in [6.45, 7) is 2.89. The van der Waals surface area contributed by atoms with Crippen LogP contribution in [0.1, 0.15) is 29.8 Å². The molecule has 0 aliphatic carbocycles. The number of benzene rings is 2. The Hall–Kier alpha value is -3.59. The first-order chi connectivity index (χ1) is 15.3. The summed E-state index contributed by atoms with van der Waals surface area (Å²) in [6, 6.07) is 13.1. The molecule has 3 rings (SSSR count). The monoisotopic (exact) mass is 455 g/mol. The standard InChI is InChI=1S/C23H21NO7S/c1-14(2)30-20(25)13-24-21(26)19(32-23(24)28)12-16-6-4-5-7-18(16)31-22(27)15-8-10-17(29-3)11-9-15/h4-12,14H,13H2,1-3H3/b19-12-.